The Morgan fingerprint density at radius 2 is 1.95 bits per heavy atom. The number of aryl methyl sites for hydroxylation is 2. The van der Waals surface area contributed by atoms with E-state index in [1.807, 2.05) is 11.3 Å². The molecule has 1 heterocycles. The Morgan fingerprint density at radius 3 is 2.53 bits per heavy atom. The number of nitrogens with one attached hydrogen (secondary N) is 1. The molecule has 2 aromatic rings. The number of rotatable bonds is 5. The molecule has 0 radical (unpaired) electrons. The first-order chi connectivity index (χ1) is 9.08. The lowest BCUT2D eigenvalue weighted by Crippen LogP contribution is -2.24. The highest BCUT2D eigenvalue weighted by molar-refractivity contribution is 7.10. The van der Waals surface area contributed by atoms with Crippen molar-refractivity contribution in [3.8, 4) is 0 Å². The highest BCUT2D eigenvalue weighted by Crippen LogP contribution is 2.26. The lowest BCUT2D eigenvalue weighted by atomic mass is 10.0. The van der Waals surface area contributed by atoms with E-state index in [0.29, 0.717) is 12.0 Å². The second kappa shape index (κ2) is 6.36. The summed E-state index contributed by atoms with van der Waals surface area (Å²) >= 11 is 1.84. The van der Waals surface area contributed by atoms with E-state index in [2.05, 4.69) is 68.7 Å². The van der Waals surface area contributed by atoms with Crippen molar-refractivity contribution in [1.29, 1.82) is 0 Å². The Morgan fingerprint density at radius 1 is 1.16 bits per heavy atom. The van der Waals surface area contributed by atoms with Gasteiger partial charge in [0.05, 0.1) is 0 Å². The Kier molecular flexibility index (Phi) is 4.78. The van der Waals surface area contributed by atoms with Gasteiger partial charge in [0.2, 0.25) is 0 Å². The summed E-state index contributed by atoms with van der Waals surface area (Å²) < 4.78 is 0. The van der Waals surface area contributed by atoms with Gasteiger partial charge in [0.15, 0.2) is 0 Å². The summed E-state index contributed by atoms with van der Waals surface area (Å²) in [5.74, 6) is 0.601. The molecule has 0 amide bonds. The molecule has 1 aromatic carbocycles. The fourth-order valence-corrected chi connectivity index (χ4v) is 3.37. The van der Waals surface area contributed by atoms with Crippen LogP contribution in [0.25, 0.3) is 0 Å². The minimum absolute atomic E-state index is 0.445. The van der Waals surface area contributed by atoms with Gasteiger partial charge in [-0.1, -0.05) is 43.7 Å². The van der Waals surface area contributed by atoms with Crippen LogP contribution >= 0.6 is 11.3 Å². The van der Waals surface area contributed by atoms with Gasteiger partial charge in [-0.25, -0.2) is 0 Å². The summed E-state index contributed by atoms with van der Waals surface area (Å²) in [5, 5.41) is 5.86. The lowest BCUT2D eigenvalue weighted by molar-refractivity contribution is 0.416. The monoisotopic (exact) mass is 273 g/mol. The van der Waals surface area contributed by atoms with Gasteiger partial charge in [-0.2, -0.15) is 0 Å². The van der Waals surface area contributed by atoms with Crippen molar-refractivity contribution in [2.24, 2.45) is 5.92 Å². The van der Waals surface area contributed by atoms with Crippen molar-refractivity contribution in [2.45, 2.75) is 40.3 Å². The van der Waals surface area contributed by atoms with Crippen LogP contribution in [0.2, 0.25) is 0 Å². The van der Waals surface area contributed by atoms with Gasteiger partial charge in [0.1, 0.15) is 0 Å². The molecule has 1 atom stereocenters. The topological polar surface area (TPSA) is 12.0 Å². The summed E-state index contributed by atoms with van der Waals surface area (Å²) in [5.41, 5.74) is 4.11. The minimum atomic E-state index is 0.445. The zero-order valence-corrected chi connectivity index (χ0v) is 13.1. The maximum Gasteiger partial charge on any atom is 0.0440 e. The molecule has 0 saturated heterocycles. The van der Waals surface area contributed by atoms with Gasteiger partial charge in [-0.05, 0) is 42.3 Å². The van der Waals surface area contributed by atoms with E-state index in [-0.39, 0.29) is 0 Å². The van der Waals surface area contributed by atoms with Crippen LogP contribution in [0.15, 0.2) is 35.7 Å². The molecule has 0 fully saturated rings. The quantitative estimate of drug-likeness (QED) is 0.821. The van der Waals surface area contributed by atoms with Crippen molar-refractivity contribution in [3.63, 3.8) is 0 Å². The fourth-order valence-electron chi connectivity index (χ4n) is 2.40. The third kappa shape index (κ3) is 3.68. The van der Waals surface area contributed by atoms with Gasteiger partial charge in [0, 0.05) is 17.5 Å². The molecule has 0 aliphatic carbocycles. The molecule has 1 aromatic heterocycles. The summed E-state index contributed by atoms with van der Waals surface area (Å²) in [6, 6.07) is 11.5. The molecule has 0 aliphatic rings. The van der Waals surface area contributed by atoms with Crippen LogP contribution in [0.1, 0.15) is 41.5 Å². The average molecular weight is 273 g/mol. The fraction of sp³-hybridized carbons (Fsp3) is 0.412. The molecular formula is C17H23NS. The molecule has 1 N–H and O–H groups in total. The predicted octanol–water partition coefficient (Wildman–Crippen LogP) is 4.85. The Hall–Kier alpha value is -1.12. The highest BCUT2D eigenvalue weighted by Gasteiger charge is 2.16. The third-order valence-electron chi connectivity index (χ3n) is 3.53. The van der Waals surface area contributed by atoms with Crippen molar-refractivity contribution in [2.75, 3.05) is 0 Å². The van der Waals surface area contributed by atoms with Crippen LogP contribution in [0.4, 0.5) is 0 Å². The smallest absolute Gasteiger partial charge is 0.0440 e. The van der Waals surface area contributed by atoms with E-state index in [9.17, 15) is 0 Å². The van der Waals surface area contributed by atoms with Crippen molar-refractivity contribution < 1.29 is 0 Å². The summed E-state index contributed by atoms with van der Waals surface area (Å²) in [4.78, 5) is 1.43. The van der Waals surface area contributed by atoms with Gasteiger partial charge in [0.25, 0.3) is 0 Å². The van der Waals surface area contributed by atoms with Crippen LogP contribution in [0.3, 0.4) is 0 Å². The molecule has 0 saturated carbocycles. The highest BCUT2D eigenvalue weighted by atomic mass is 32.1. The van der Waals surface area contributed by atoms with Crippen LogP contribution in [0.5, 0.6) is 0 Å². The van der Waals surface area contributed by atoms with E-state index in [4.69, 9.17) is 0 Å². The molecule has 2 heteroatoms. The SMILES string of the molecule is Cc1ccc(CNC(c2cccs2)C(C)C)c(C)c1. The molecular weight excluding hydrogens is 250 g/mol. The van der Waals surface area contributed by atoms with E-state index >= 15 is 0 Å². The summed E-state index contributed by atoms with van der Waals surface area (Å²) in [7, 11) is 0. The number of hydrogen-bond donors (Lipinski definition) is 1. The van der Waals surface area contributed by atoms with Gasteiger partial charge < -0.3 is 5.32 Å². The second-order valence-corrected chi connectivity index (χ2v) is 6.53. The predicted molar refractivity (Wildman–Crippen MR) is 84.7 cm³/mol. The molecule has 1 unspecified atom stereocenters. The molecule has 0 aliphatic heterocycles. The normalized spacial score (nSPS) is 12.9. The Labute approximate surface area is 120 Å². The van der Waals surface area contributed by atoms with E-state index in [1.165, 1.54) is 21.6 Å². The molecule has 19 heavy (non-hydrogen) atoms. The first-order valence-electron chi connectivity index (χ1n) is 6.91. The Balaban J connectivity index is 2.07. The summed E-state index contributed by atoms with van der Waals surface area (Å²) in [6.07, 6.45) is 0. The molecule has 2 rings (SSSR count). The molecule has 0 bridgehead atoms. The number of thiophene rings is 1. The molecule has 0 spiro atoms. The van der Waals surface area contributed by atoms with Crippen molar-refractivity contribution >= 4 is 11.3 Å². The van der Waals surface area contributed by atoms with Gasteiger partial charge in [-0.3, -0.25) is 0 Å². The minimum Gasteiger partial charge on any atom is -0.305 e. The molecule has 1 nitrogen and oxygen atoms in total. The van der Waals surface area contributed by atoms with Crippen LogP contribution in [0, 0.1) is 19.8 Å². The zero-order valence-electron chi connectivity index (χ0n) is 12.2. The van der Waals surface area contributed by atoms with E-state index in [1.54, 1.807) is 0 Å². The van der Waals surface area contributed by atoms with Crippen molar-refractivity contribution in [1.82, 2.24) is 5.32 Å². The van der Waals surface area contributed by atoms with Crippen LogP contribution in [-0.2, 0) is 6.54 Å². The van der Waals surface area contributed by atoms with Crippen molar-refractivity contribution in [3.05, 3.63) is 57.3 Å². The third-order valence-corrected chi connectivity index (χ3v) is 4.48. The zero-order chi connectivity index (χ0) is 13.8. The standard InChI is InChI=1S/C17H23NS/c1-12(2)17(16-6-5-9-19-16)18-11-15-8-7-13(3)10-14(15)4/h5-10,12,17-18H,11H2,1-4H3. The first-order valence-corrected chi connectivity index (χ1v) is 7.79. The average Bonchev–Trinajstić information content (AvgIpc) is 2.85. The van der Waals surface area contributed by atoms with Gasteiger partial charge >= 0.3 is 0 Å². The van der Waals surface area contributed by atoms with Gasteiger partial charge in [-0.15, -0.1) is 11.3 Å². The maximum atomic E-state index is 3.71. The van der Waals surface area contributed by atoms with E-state index < -0.39 is 0 Å². The molecule has 102 valence electrons. The van der Waals surface area contributed by atoms with E-state index in [0.717, 1.165) is 6.54 Å². The summed E-state index contributed by atoms with van der Waals surface area (Å²) in [6.45, 7) is 9.83. The van der Waals surface area contributed by atoms with Crippen LogP contribution in [-0.4, -0.2) is 0 Å². The second-order valence-electron chi connectivity index (χ2n) is 5.55. The Bertz CT molecular complexity index is 514. The first kappa shape index (κ1) is 14.3. The number of benzene rings is 1. The largest absolute Gasteiger partial charge is 0.305 e. The lowest BCUT2D eigenvalue weighted by Gasteiger charge is -2.22. The maximum absolute atomic E-state index is 3.71. The van der Waals surface area contributed by atoms with Crippen LogP contribution < -0.4 is 5.32 Å². The number of hydrogen-bond acceptors (Lipinski definition) is 2.